The van der Waals surface area contributed by atoms with E-state index in [0.717, 1.165) is 38.2 Å². The van der Waals surface area contributed by atoms with Crippen molar-refractivity contribution in [3.63, 3.8) is 0 Å². The Kier molecular flexibility index (Phi) is 10.6. The molecule has 22 heavy (non-hydrogen) atoms. The highest BCUT2D eigenvalue weighted by molar-refractivity contribution is 5.85. The Hall–Kier alpha value is -0.680. The number of benzene rings is 1. The van der Waals surface area contributed by atoms with E-state index in [1.165, 1.54) is 25.3 Å². The predicted octanol–water partition coefficient (Wildman–Crippen LogP) is 3.47. The predicted molar refractivity (Wildman–Crippen MR) is 95.6 cm³/mol. The second-order valence-corrected chi connectivity index (χ2v) is 5.54. The van der Waals surface area contributed by atoms with Crippen LogP contribution in [0.5, 0.6) is 11.5 Å². The molecule has 1 fully saturated rings. The molecule has 0 bridgehead atoms. The van der Waals surface area contributed by atoms with Gasteiger partial charge < -0.3 is 15.5 Å². The van der Waals surface area contributed by atoms with Crippen molar-refractivity contribution in [3.05, 3.63) is 23.8 Å². The van der Waals surface area contributed by atoms with Crippen molar-refractivity contribution >= 4 is 24.8 Å². The molecule has 0 radical (unpaired) electrons. The van der Waals surface area contributed by atoms with Gasteiger partial charge in [-0.3, -0.25) is 4.90 Å². The number of halogens is 2. The van der Waals surface area contributed by atoms with E-state index in [1.54, 1.807) is 6.07 Å². The SMILES string of the molecule is CCCCC[C@H](c1ccc(O)cc1O)N1CCNCC1.Cl.Cl. The van der Waals surface area contributed by atoms with Crippen molar-refractivity contribution in [2.24, 2.45) is 0 Å². The zero-order chi connectivity index (χ0) is 14.4. The van der Waals surface area contributed by atoms with E-state index < -0.39 is 0 Å². The quantitative estimate of drug-likeness (QED) is 0.687. The van der Waals surface area contributed by atoms with Gasteiger partial charge in [-0.1, -0.05) is 32.3 Å². The van der Waals surface area contributed by atoms with Crippen molar-refractivity contribution in [2.75, 3.05) is 26.2 Å². The maximum absolute atomic E-state index is 10.1. The number of aromatic hydroxyl groups is 2. The number of phenolic OH excluding ortho intramolecular Hbond substituents is 2. The Morgan fingerprint density at radius 3 is 2.41 bits per heavy atom. The normalized spacial score (nSPS) is 16.4. The molecular weight excluding hydrogens is 323 g/mol. The molecule has 1 atom stereocenters. The molecule has 1 aliphatic heterocycles. The zero-order valence-electron chi connectivity index (χ0n) is 13.1. The molecule has 1 aromatic rings. The third kappa shape index (κ3) is 5.84. The van der Waals surface area contributed by atoms with Crippen molar-refractivity contribution in [2.45, 2.75) is 38.6 Å². The van der Waals surface area contributed by atoms with E-state index in [-0.39, 0.29) is 42.4 Å². The van der Waals surface area contributed by atoms with Gasteiger partial charge in [0.25, 0.3) is 0 Å². The summed E-state index contributed by atoms with van der Waals surface area (Å²) in [6, 6.07) is 5.24. The van der Waals surface area contributed by atoms with Crippen LogP contribution in [-0.2, 0) is 0 Å². The Morgan fingerprint density at radius 1 is 1.14 bits per heavy atom. The van der Waals surface area contributed by atoms with E-state index in [4.69, 9.17) is 0 Å². The fourth-order valence-electron chi connectivity index (χ4n) is 2.93. The van der Waals surface area contributed by atoms with Crippen LogP contribution in [0.3, 0.4) is 0 Å². The molecule has 4 nitrogen and oxygen atoms in total. The van der Waals surface area contributed by atoms with Gasteiger partial charge in [0.2, 0.25) is 0 Å². The standard InChI is InChI=1S/C16H26N2O2.2ClH/c1-2-3-4-5-15(18-10-8-17-9-11-18)14-7-6-13(19)12-16(14)20;;/h6-7,12,15,17,19-20H,2-5,8-11H2,1H3;2*1H/t15-;;/m1../s1. The number of nitrogens with zero attached hydrogens (tertiary/aromatic N) is 1. The number of hydrogen-bond donors (Lipinski definition) is 3. The van der Waals surface area contributed by atoms with Crippen LogP contribution in [0.2, 0.25) is 0 Å². The molecule has 1 heterocycles. The highest BCUT2D eigenvalue weighted by atomic mass is 35.5. The third-order valence-electron chi connectivity index (χ3n) is 4.05. The summed E-state index contributed by atoms with van der Waals surface area (Å²) in [6.45, 7) is 6.23. The summed E-state index contributed by atoms with van der Waals surface area (Å²) in [7, 11) is 0. The summed E-state index contributed by atoms with van der Waals surface area (Å²) in [5.74, 6) is 0.337. The molecule has 0 saturated carbocycles. The highest BCUT2D eigenvalue weighted by Gasteiger charge is 2.24. The average Bonchev–Trinajstić information content (AvgIpc) is 2.46. The lowest BCUT2D eigenvalue weighted by Gasteiger charge is -2.35. The summed E-state index contributed by atoms with van der Waals surface area (Å²) in [6.07, 6.45) is 4.66. The van der Waals surface area contributed by atoms with Crippen molar-refractivity contribution in [1.29, 1.82) is 0 Å². The van der Waals surface area contributed by atoms with Gasteiger partial charge in [-0.25, -0.2) is 0 Å². The maximum Gasteiger partial charge on any atom is 0.124 e. The fourth-order valence-corrected chi connectivity index (χ4v) is 2.93. The minimum absolute atomic E-state index is 0. The van der Waals surface area contributed by atoms with Crippen molar-refractivity contribution < 1.29 is 10.2 Å². The Labute approximate surface area is 145 Å². The summed E-state index contributed by atoms with van der Waals surface area (Å²) >= 11 is 0. The van der Waals surface area contributed by atoms with E-state index >= 15 is 0 Å². The van der Waals surface area contributed by atoms with Gasteiger partial charge in [0, 0.05) is 43.9 Å². The van der Waals surface area contributed by atoms with E-state index in [9.17, 15) is 10.2 Å². The lowest BCUT2D eigenvalue weighted by molar-refractivity contribution is 0.160. The molecule has 0 amide bonds. The van der Waals surface area contributed by atoms with E-state index in [0.29, 0.717) is 0 Å². The van der Waals surface area contributed by atoms with Gasteiger partial charge in [0.15, 0.2) is 0 Å². The Balaban J connectivity index is 0.00000220. The monoisotopic (exact) mass is 350 g/mol. The van der Waals surface area contributed by atoms with Gasteiger partial charge in [0.1, 0.15) is 11.5 Å². The number of nitrogens with one attached hydrogen (secondary N) is 1. The average molecular weight is 351 g/mol. The van der Waals surface area contributed by atoms with Crippen molar-refractivity contribution in [3.8, 4) is 11.5 Å². The summed E-state index contributed by atoms with van der Waals surface area (Å²) in [4.78, 5) is 2.44. The zero-order valence-corrected chi connectivity index (χ0v) is 14.8. The summed E-state index contributed by atoms with van der Waals surface area (Å²) < 4.78 is 0. The summed E-state index contributed by atoms with van der Waals surface area (Å²) in [5, 5.41) is 23.0. The first-order valence-corrected chi connectivity index (χ1v) is 7.69. The van der Waals surface area contributed by atoms with Crippen LogP contribution < -0.4 is 5.32 Å². The molecule has 128 valence electrons. The number of rotatable bonds is 6. The van der Waals surface area contributed by atoms with Crippen LogP contribution in [0, 0.1) is 0 Å². The molecule has 1 aromatic carbocycles. The van der Waals surface area contributed by atoms with Crippen LogP contribution in [-0.4, -0.2) is 41.3 Å². The summed E-state index contributed by atoms with van der Waals surface area (Å²) in [5.41, 5.74) is 0.945. The molecule has 0 aromatic heterocycles. The lowest BCUT2D eigenvalue weighted by Crippen LogP contribution is -2.45. The largest absolute Gasteiger partial charge is 0.508 e. The maximum atomic E-state index is 10.1. The number of piperazine rings is 1. The minimum atomic E-state index is 0. The lowest BCUT2D eigenvalue weighted by atomic mass is 9.97. The van der Waals surface area contributed by atoms with Gasteiger partial charge in [-0.2, -0.15) is 0 Å². The second kappa shape index (κ2) is 10.9. The molecule has 3 N–H and O–H groups in total. The molecule has 1 aliphatic rings. The van der Waals surface area contributed by atoms with Crippen LogP contribution in [0.15, 0.2) is 18.2 Å². The third-order valence-corrected chi connectivity index (χ3v) is 4.05. The molecule has 2 rings (SSSR count). The number of unbranched alkanes of at least 4 members (excludes halogenated alkanes) is 2. The van der Waals surface area contributed by atoms with E-state index in [2.05, 4.69) is 17.1 Å². The van der Waals surface area contributed by atoms with Gasteiger partial charge >= 0.3 is 0 Å². The van der Waals surface area contributed by atoms with Gasteiger partial charge in [0.05, 0.1) is 0 Å². The van der Waals surface area contributed by atoms with Crippen LogP contribution in [0.4, 0.5) is 0 Å². The van der Waals surface area contributed by atoms with Crippen molar-refractivity contribution in [1.82, 2.24) is 10.2 Å². The Bertz CT molecular complexity index is 427. The first-order valence-electron chi connectivity index (χ1n) is 7.69. The van der Waals surface area contributed by atoms with Crippen LogP contribution in [0.25, 0.3) is 0 Å². The number of hydrogen-bond acceptors (Lipinski definition) is 4. The molecular formula is C16H28Cl2N2O2. The van der Waals surface area contributed by atoms with E-state index in [1.807, 2.05) is 6.07 Å². The molecule has 0 aliphatic carbocycles. The molecule has 1 saturated heterocycles. The first-order chi connectivity index (χ1) is 9.72. The fraction of sp³-hybridized carbons (Fsp3) is 0.625. The smallest absolute Gasteiger partial charge is 0.124 e. The highest BCUT2D eigenvalue weighted by Crippen LogP contribution is 2.34. The second-order valence-electron chi connectivity index (χ2n) is 5.54. The Morgan fingerprint density at radius 2 is 1.82 bits per heavy atom. The van der Waals surface area contributed by atoms with Gasteiger partial charge in [-0.15, -0.1) is 24.8 Å². The van der Waals surface area contributed by atoms with Crippen LogP contribution >= 0.6 is 24.8 Å². The minimum Gasteiger partial charge on any atom is -0.508 e. The van der Waals surface area contributed by atoms with Gasteiger partial charge in [-0.05, 0) is 12.5 Å². The molecule has 6 heteroatoms. The molecule has 0 unspecified atom stereocenters. The topological polar surface area (TPSA) is 55.7 Å². The number of phenols is 2. The van der Waals surface area contributed by atoms with Crippen LogP contribution in [0.1, 0.15) is 44.2 Å². The molecule has 0 spiro atoms. The first kappa shape index (κ1) is 21.3.